The third-order valence-electron chi connectivity index (χ3n) is 5.44. The summed E-state index contributed by atoms with van der Waals surface area (Å²) in [7, 11) is 0. The lowest BCUT2D eigenvalue weighted by Gasteiger charge is -2.25. The van der Waals surface area contributed by atoms with E-state index in [0.717, 1.165) is 23.3 Å². The van der Waals surface area contributed by atoms with E-state index in [0.29, 0.717) is 23.9 Å². The average Bonchev–Trinajstić information content (AvgIpc) is 3.17. The number of hydrogen-bond acceptors (Lipinski definition) is 1. The highest BCUT2D eigenvalue weighted by Crippen LogP contribution is 2.46. The van der Waals surface area contributed by atoms with Crippen LogP contribution in [0.5, 0.6) is 0 Å². The third-order valence-corrected chi connectivity index (χ3v) is 5.79. The molecule has 4 rings (SSSR count). The Morgan fingerprint density at radius 1 is 1.14 bits per heavy atom. The second kappa shape index (κ2) is 6.65. The lowest BCUT2D eigenvalue weighted by atomic mass is 9.96. The molecule has 2 saturated heterocycles. The predicted octanol–water partition coefficient (Wildman–Crippen LogP) is 5.78. The van der Waals surface area contributed by atoms with Gasteiger partial charge < -0.3 is 10.2 Å². The SMILES string of the molecule is Cc1ccc(Cl)c([C@@H]2CC[C@H]3[C@@H](c4cc(F)cc(C(F)(F)F)c4)NC(=O)N23)c1. The van der Waals surface area contributed by atoms with Crippen LogP contribution < -0.4 is 5.32 Å². The molecule has 1 N–H and O–H groups in total. The minimum absolute atomic E-state index is 0.115. The largest absolute Gasteiger partial charge is 0.416 e. The van der Waals surface area contributed by atoms with Crippen molar-refractivity contribution >= 4 is 17.6 Å². The quantitative estimate of drug-likeness (QED) is 0.623. The van der Waals surface area contributed by atoms with E-state index >= 15 is 0 Å². The highest BCUT2D eigenvalue weighted by atomic mass is 35.5. The second-order valence-electron chi connectivity index (χ2n) is 7.29. The number of hydrogen-bond donors (Lipinski definition) is 1. The van der Waals surface area contributed by atoms with E-state index in [1.165, 1.54) is 0 Å². The summed E-state index contributed by atoms with van der Waals surface area (Å²) in [6.07, 6.45) is -3.44. The Balaban J connectivity index is 1.69. The molecular weight excluding hydrogens is 396 g/mol. The van der Waals surface area contributed by atoms with Crippen LogP contribution in [-0.4, -0.2) is 17.0 Å². The van der Waals surface area contributed by atoms with Crippen molar-refractivity contribution in [1.82, 2.24) is 10.2 Å². The zero-order valence-corrected chi connectivity index (χ0v) is 15.6. The Kier molecular flexibility index (Phi) is 4.53. The Morgan fingerprint density at radius 2 is 1.89 bits per heavy atom. The van der Waals surface area contributed by atoms with E-state index in [9.17, 15) is 22.4 Å². The summed E-state index contributed by atoms with van der Waals surface area (Å²) in [5.41, 5.74) is 0.866. The summed E-state index contributed by atoms with van der Waals surface area (Å²) in [4.78, 5) is 14.3. The highest BCUT2D eigenvalue weighted by molar-refractivity contribution is 6.31. The van der Waals surface area contributed by atoms with Gasteiger partial charge in [0.05, 0.1) is 23.7 Å². The van der Waals surface area contributed by atoms with Crippen LogP contribution >= 0.6 is 11.6 Å². The number of benzene rings is 2. The maximum atomic E-state index is 13.8. The second-order valence-corrected chi connectivity index (χ2v) is 7.70. The molecule has 2 amide bonds. The molecular formula is C20H17ClF4N2O. The summed E-state index contributed by atoms with van der Waals surface area (Å²) < 4.78 is 53.0. The molecule has 0 aromatic heterocycles. The average molecular weight is 413 g/mol. The van der Waals surface area contributed by atoms with Crippen molar-refractivity contribution < 1.29 is 22.4 Å². The maximum absolute atomic E-state index is 13.8. The molecule has 0 spiro atoms. The number of carbonyl (C=O) groups is 1. The van der Waals surface area contributed by atoms with E-state index in [-0.39, 0.29) is 23.7 Å². The lowest BCUT2D eigenvalue weighted by Crippen LogP contribution is -2.31. The van der Waals surface area contributed by atoms with Gasteiger partial charge in [-0.3, -0.25) is 0 Å². The van der Waals surface area contributed by atoms with Gasteiger partial charge in [0.2, 0.25) is 0 Å². The van der Waals surface area contributed by atoms with E-state index in [2.05, 4.69) is 5.32 Å². The zero-order chi connectivity index (χ0) is 20.2. The van der Waals surface area contributed by atoms with Crippen molar-refractivity contribution in [2.75, 3.05) is 0 Å². The monoisotopic (exact) mass is 412 g/mol. The lowest BCUT2D eigenvalue weighted by molar-refractivity contribution is -0.137. The third kappa shape index (κ3) is 3.21. The van der Waals surface area contributed by atoms with Crippen molar-refractivity contribution in [2.45, 2.75) is 44.1 Å². The van der Waals surface area contributed by atoms with Crippen molar-refractivity contribution in [2.24, 2.45) is 0 Å². The van der Waals surface area contributed by atoms with Gasteiger partial charge in [-0.15, -0.1) is 0 Å². The van der Waals surface area contributed by atoms with E-state index in [1.54, 1.807) is 11.0 Å². The van der Waals surface area contributed by atoms with Gasteiger partial charge in [-0.05, 0) is 55.2 Å². The van der Waals surface area contributed by atoms with Crippen LogP contribution in [0.25, 0.3) is 0 Å². The molecule has 2 aromatic rings. The molecule has 0 radical (unpaired) electrons. The fraction of sp³-hybridized carbons (Fsp3) is 0.350. The molecule has 3 atom stereocenters. The van der Waals surface area contributed by atoms with E-state index in [4.69, 9.17) is 11.6 Å². The summed E-state index contributed by atoms with van der Waals surface area (Å²) >= 11 is 6.33. The van der Waals surface area contributed by atoms with Gasteiger partial charge in [-0.25, -0.2) is 9.18 Å². The summed E-state index contributed by atoms with van der Waals surface area (Å²) in [5, 5.41) is 3.26. The summed E-state index contributed by atoms with van der Waals surface area (Å²) in [6.45, 7) is 1.92. The minimum atomic E-state index is -4.66. The normalized spacial score (nSPS) is 24.4. The van der Waals surface area contributed by atoms with Crippen molar-refractivity contribution in [3.05, 3.63) is 69.5 Å². The van der Waals surface area contributed by atoms with Crippen LogP contribution in [0.1, 0.15) is 47.2 Å². The molecule has 2 aliphatic rings. The van der Waals surface area contributed by atoms with Crippen LogP contribution in [0.4, 0.5) is 22.4 Å². The molecule has 2 aromatic carbocycles. The number of rotatable bonds is 2. The minimum Gasteiger partial charge on any atom is -0.329 e. The fourth-order valence-electron chi connectivity index (χ4n) is 4.25. The Morgan fingerprint density at radius 3 is 2.61 bits per heavy atom. The molecule has 148 valence electrons. The van der Waals surface area contributed by atoms with Crippen LogP contribution in [0, 0.1) is 12.7 Å². The smallest absolute Gasteiger partial charge is 0.329 e. The zero-order valence-electron chi connectivity index (χ0n) is 14.9. The molecule has 2 fully saturated rings. The Labute approximate surface area is 164 Å². The molecule has 3 nitrogen and oxygen atoms in total. The molecule has 0 unspecified atom stereocenters. The number of fused-ring (bicyclic) bond motifs is 1. The van der Waals surface area contributed by atoms with Crippen LogP contribution in [0.15, 0.2) is 36.4 Å². The molecule has 28 heavy (non-hydrogen) atoms. The first-order valence-corrected chi connectivity index (χ1v) is 9.25. The number of carbonyl (C=O) groups excluding carboxylic acids is 1. The molecule has 2 heterocycles. The summed E-state index contributed by atoms with van der Waals surface area (Å²) in [5.74, 6) is -0.978. The number of nitrogens with one attached hydrogen (secondary N) is 1. The molecule has 0 bridgehead atoms. The van der Waals surface area contributed by atoms with Gasteiger partial charge in [-0.1, -0.05) is 29.3 Å². The van der Waals surface area contributed by atoms with Crippen molar-refractivity contribution in [3.63, 3.8) is 0 Å². The van der Waals surface area contributed by atoms with Gasteiger partial charge in [0.15, 0.2) is 0 Å². The number of amides is 2. The Bertz CT molecular complexity index is 946. The maximum Gasteiger partial charge on any atom is 0.416 e. The first kappa shape index (κ1) is 19.1. The topological polar surface area (TPSA) is 32.3 Å². The number of alkyl halides is 3. The summed E-state index contributed by atoms with van der Waals surface area (Å²) in [6, 6.07) is 6.26. The Hall–Kier alpha value is -2.28. The molecule has 8 heteroatoms. The van der Waals surface area contributed by atoms with Gasteiger partial charge in [0.1, 0.15) is 5.82 Å². The van der Waals surface area contributed by atoms with E-state index in [1.807, 2.05) is 19.1 Å². The standard InChI is InChI=1S/C20H17ClF4N2O/c1-10-2-3-15(21)14(6-10)16-4-5-17-18(26-19(28)27(16)17)11-7-12(20(23,24)25)9-13(22)8-11/h2-3,6-9,16-18H,4-5H2,1H3,(H,26,28)/t16-,17-,18+/m0/s1. The number of halogens is 5. The number of urea groups is 1. The number of nitrogens with zero attached hydrogens (tertiary/aromatic N) is 1. The van der Waals surface area contributed by atoms with Gasteiger partial charge in [0.25, 0.3) is 0 Å². The molecule has 0 aliphatic carbocycles. The van der Waals surface area contributed by atoms with Crippen LogP contribution in [0.3, 0.4) is 0 Å². The predicted molar refractivity (Wildman–Crippen MR) is 96.5 cm³/mol. The highest BCUT2D eigenvalue weighted by Gasteiger charge is 2.49. The van der Waals surface area contributed by atoms with Crippen LogP contribution in [-0.2, 0) is 6.18 Å². The van der Waals surface area contributed by atoms with Gasteiger partial charge >= 0.3 is 12.2 Å². The molecule has 2 aliphatic heterocycles. The van der Waals surface area contributed by atoms with Gasteiger partial charge in [0, 0.05) is 5.02 Å². The number of aryl methyl sites for hydroxylation is 1. The fourth-order valence-corrected chi connectivity index (χ4v) is 4.49. The van der Waals surface area contributed by atoms with Gasteiger partial charge in [-0.2, -0.15) is 13.2 Å². The van der Waals surface area contributed by atoms with Crippen molar-refractivity contribution in [1.29, 1.82) is 0 Å². The first-order chi connectivity index (χ1) is 13.1. The van der Waals surface area contributed by atoms with Crippen molar-refractivity contribution in [3.8, 4) is 0 Å². The molecule has 0 saturated carbocycles. The first-order valence-electron chi connectivity index (χ1n) is 8.87. The van der Waals surface area contributed by atoms with Crippen LogP contribution in [0.2, 0.25) is 5.02 Å². The van der Waals surface area contributed by atoms with E-state index < -0.39 is 23.6 Å².